The van der Waals surface area contributed by atoms with E-state index in [1.807, 2.05) is 5.32 Å². The average molecular weight is 991 g/mol. The van der Waals surface area contributed by atoms with Gasteiger partial charge in [0.2, 0.25) is 0 Å². The molecule has 0 amide bonds. The number of carboxylic acids is 3. The van der Waals surface area contributed by atoms with Gasteiger partial charge >= 0.3 is 36.3 Å². The standard InChI is InChI=1S/C14H7ClF3NO5.C13H10Cl2F3N3O3.C3H8NO5P.C3H9S/c15-10-5-7(14(16,17)18)1-4-12(10)24-8-2-3-11(19(22)23)9(6-8)13(20)21;1-5-19-21(13(24)20(5)12(17)18)10-3-6(2-8(15)11(22)23)7(14)4-9(10)16;5-3(6)1-4-2-10(7,8)9;1-4(2)3/h1-6H,(H,20,21);3-4,8,12H,2H2,1H3,(H,22,23);4H,1-2H2,(H,5,6)(H2,7,8,9);1-3H3/q;;;+1/p-1. The maximum absolute atomic E-state index is 14.1. The summed E-state index contributed by atoms with van der Waals surface area (Å²) in [6.07, 6.45) is 1.04. The van der Waals surface area contributed by atoms with Gasteiger partial charge in [-0.3, -0.25) is 25.0 Å². The van der Waals surface area contributed by atoms with E-state index < -0.39 is 95.4 Å². The Morgan fingerprint density at radius 1 is 1.03 bits per heavy atom. The van der Waals surface area contributed by atoms with E-state index in [1.165, 1.54) is 0 Å². The van der Waals surface area contributed by atoms with Crippen molar-refractivity contribution in [3.63, 3.8) is 0 Å². The van der Waals surface area contributed by atoms with Gasteiger partial charge in [-0.25, -0.2) is 18.5 Å². The summed E-state index contributed by atoms with van der Waals surface area (Å²) in [5, 5.41) is 40.3. The van der Waals surface area contributed by atoms with E-state index >= 15 is 0 Å². The third-order valence-corrected chi connectivity index (χ3v) is 8.27. The van der Waals surface area contributed by atoms with E-state index in [0.717, 1.165) is 49.4 Å². The van der Waals surface area contributed by atoms with Gasteiger partial charge in [-0.1, -0.05) is 23.2 Å². The summed E-state index contributed by atoms with van der Waals surface area (Å²) in [5.41, 5.74) is -3.79. The molecular weight excluding hydrogens is 958 g/mol. The minimum atomic E-state index is -4.58. The number of hydrogen-bond donors (Lipinski definition) is 5. The first-order valence-electron chi connectivity index (χ1n) is 16.2. The largest absolute Gasteiger partial charge is 0.778 e. The molecule has 342 valence electrons. The molecule has 0 saturated heterocycles. The number of halogens is 9. The molecule has 0 fully saturated rings. The quantitative estimate of drug-likeness (QED) is 0.0250. The molecule has 18 nitrogen and oxygen atoms in total. The molecule has 0 saturated carbocycles. The van der Waals surface area contributed by atoms with Crippen LogP contribution in [-0.2, 0) is 37.6 Å². The zero-order valence-electron chi connectivity index (χ0n) is 31.9. The number of aromatic carboxylic acids is 1. The van der Waals surface area contributed by atoms with E-state index in [0.29, 0.717) is 21.6 Å². The Labute approximate surface area is 363 Å². The number of benzene rings is 3. The molecule has 5 N–H and O–H groups in total. The number of ether oxygens (including phenoxy) is 1. The van der Waals surface area contributed by atoms with Gasteiger partial charge in [0.05, 0.1) is 47.1 Å². The van der Waals surface area contributed by atoms with Crippen LogP contribution in [0.1, 0.15) is 33.9 Å². The van der Waals surface area contributed by atoms with E-state index in [2.05, 4.69) is 23.9 Å². The van der Waals surface area contributed by atoms with Crippen molar-refractivity contribution in [1.29, 1.82) is 0 Å². The van der Waals surface area contributed by atoms with Crippen molar-refractivity contribution in [1.82, 2.24) is 19.7 Å². The first-order valence-corrected chi connectivity index (χ1v) is 21.6. The maximum atomic E-state index is 14.1. The lowest BCUT2D eigenvalue weighted by Crippen LogP contribution is -2.25. The molecule has 0 bridgehead atoms. The molecule has 0 radical (unpaired) electrons. The molecule has 29 heteroatoms. The van der Waals surface area contributed by atoms with E-state index in [-0.39, 0.29) is 43.9 Å². The third-order valence-electron chi connectivity index (χ3n) is 6.66. The topological polar surface area (TPSA) is 276 Å². The van der Waals surface area contributed by atoms with Crippen molar-refractivity contribution in [3.8, 4) is 17.2 Å². The van der Waals surface area contributed by atoms with Crippen LogP contribution in [-0.4, -0.2) is 94.4 Å². The van der Waals surface area contributed by atoms with Crippen molar-refractivity contribution < 1.29 is 80.1 Å². The highest BCUT2D eigenvalue weighted by molar-refractivity contribution is 7.94. The van der Waals surface area contributed by atoms with Gasteiger partial charge in [0, 0.05) is 23.6 Å². The van der Waals surface area contributed by atoms with Crippen LogP contribution in [0, 0.1) is 22.9 Å². The molecule has 3 aromatic carbocycles. The summed E-state index contributed by atoms with van der Waals surface area (Å²) < 4.78 is 93.2. The Bertz CT molecular complexity index is 2350. The van der Waals surface area contributed by atoms with E-state index in [4.69, 9.17) is 59.8 Å². The molecule has 62 heavy (non-hydrogen) atoms. The number of nitrogens with one attached hydrogen (secondary N) is 1. The second-order valence-corrected chi connectivity index (χ2v) is 17.5. The molecule has 0 aliphatic carbocycles. The number of aliphatic carboxylic acids is 2. The summed E-state index contributed by atoms with van der Waals surface area (Å²) in [7, 11) is -3.71. The van der Waals surface area contributed by atoms with Crippen LogP contribution in [0.25, 0.3) is 5.69 Å². The minimum absolute atomic E-state index is 0.0926. The molecule has 2 unspecified atom stereocenters. The first kappa shape index (κ1) is 55.1. The van der Waals surface area contributed by atoms with Crippen LogP contribution < -0.4 is 20.6 Å². The number of aryl methyl sites for hydroxylation is 1. The number of alkyl halides is 6. The molecule has 0 spiro atoms. The van der Waals surface area contributed by atoms with E-state index in [1.54, 1.807) is 0 Å². The number of nitro benzene ring substituents is 1. The molecule has 0 aliphatic heterocycles. The van der Waals surface area contributed by atoms with Gasteiger partial charge in [0.1, 0.15) is 41.5 Å². The molecule has 4 rings (SSSR count). The molecule has 4 aromatic rings. The minimum Gasteiger partial charge on any atom is -0.778 e. The van der Waals surface area contributed by atoms with Gasteiger partial charge in [-0.15, -0.1) is 16.7 Å². The zero-order chi connectivity index (χ0) is 48.0. The van der Waals surface area contributed by atoms with Crippen molar-refractivity contribution >= 4 is 76.9 Å². The second kappa shape index (κ2) is 24.1. The van der Waals surface area contributed by atoms with Crippen molar-refractivity contribution in [2.24, 2.45) is 0 Å². The predicted octanol–water partition coefficient (Wildman–Crippen LogP) is 6.18. The fraction of sp³-hybridized carbons (Fsp3) is 0.303. The fourth-order valence-corrected chi connectivity index (χ4v) is 5.15. The third kappa shape index (κ3) is 18.2. The first-order chi connectivity index (χ1) is 28.4. The highest BCUT2D eigenvalue weighted by Gasteiger charge is 2.31. The molecule has 1 aromatic heterocycles. The number of nitrogens with zero attached hydrogens (tertiary/aromatic N) is 4. The highest BCUT2D eigenvalue weighted by Crippen LogP contribution is 2.37. The normalized spacial score (nSPS) is 12.4. The van der Waals surface area contributed by atoms with Crippen LogP contribution in [0.4, 0.5) is 32.0 Å². The highest BCUT2D eigenvalue weighted by atomic mass is 35.5. The lowest BCUT2D eigenvalue weighted by atomic mass is 10.1. The van der Waals surface area contributed by atoms with Gasteiger partial charge in [-0.05, 0) is 59.8 Å². The van der Waals surface area contributed by atoms with Crippen LogP contribution in [0.15, 0.2) is 53.3 Å². The zero-order valence-corrected chi connectivity index (χ0v) is 35.9. The monoisotopic (exact) mass is 989 g/mol. The number of nitro groups is 1. The van der Waals surface area contributed by atoms with Crippen LogP contribution >= 0.6 is 42.4 Å². The van der Waals surface area contributed by atoms with Crippen LogP contribution in [0.2, 0.25) is 10.0 Å². The lowest BCUT2D eigenvalue weighted by molar-refractivity contribution is -0.385. The summed E-state index contributed by atoms with van der Waals surface area (Å²) in [6, 6.07) is 7.16. The van der Waals surface area contributed by atoms with E-state index in [9.17, 15) is 65.1 Å². The Kier molecular flexibility index (Phi) is 21.4. The second-order valence-electron chi connectivity index (χ2n) is 12.1. The van der Waals surface area contributed by atoms with Crippen LogP contribution in [0.3, 0.4) is 0 Å². The summed E-state index contributed by atoms with van der Waals surface area (Å²) in [6.45, 7) is -2.45. The van der Waals surface area contributed by atoms with Gasteiger partial charge in [0.25, 0.3) is 5.69 Å². The number of carboxylic acid groups (broad SMARTS) is 3. The Balaban J connectivity index is 0.000000478. The van der Waals surface area contributed by atoms with Gasteiger partial charge in [0.15, 0.2) is 5.82 Å². The number of hydrogen-bond acceptors (Lipinski definition) is 11. The van der Waals surface area contributed by atoms with Gasteiger partial charge < -0.3 is 34.4 Å². The smallest absolute Gasteiger partial charge is 0.416 e. The number of aromatic nitrogens is 3. The van der Waals surface area contributed by atoms with Gasteiger partial charge in [-0.2, -0.15) is 26.6 Å². The Morgan fingerprint density at radius 3 is 2.05 bits per heavy atom. The molecule has 1 heterocycles. The van der Waals surface area contributed by atoms with Crippen molar-refractivity contribution in [2.45, 2.75) is 31.4 Å². The van der Waals surface area contributed by atoms with Crippen LogP contribution in [0.5, 0.6) is 11.5 Å². The number of rotatable bonds is 13. The van der Waals surface area contributed by atoms with Crippen molar-refractivity contribution in [3.05, 3.63) is 108 Å². The SMILES string of the molecule is C[S+](C)C.Cc1nn(-c2cc(CC(Cl)C(=O)O)c(Cl)cc2F)c(=O)n1C(F)F.O=C(O)CNCP(=O)([O-])O.O=C(O)c1cc(Oc2ccc(C(F)(F)F)cc2Cl)ccc1[N+](=O)[O-]. The summed E-state index contributed by atoms with van der Waals surface area (Å²) in [4.78, 5) is 71.5. The Morgan fingerprint density at radius 2 is 1.61 bits per heavy atom. The average Bonchev–Trinajstić information content (AvgIpc) is 3.42. The van der Waals surface area contributed by atoms with Crippen molar-refractivity contribution in [2.75, 3.05) is 31.6 Å². The maximum Gasteiger partial charge on any atom is 0.416 e. The predicted molar refractivity (Wildman–Crippen MR) is 212 cm³/mol. The number of carbonyl (C=O) groups is 3. The fourth-order valence-electron chi connectivity index (χ4n) is 4.14. The molecule has 0 aliphatic rings. The summed E-state index contributed by atoms with van der Waals surface area (Å²) >= 11 is 17.2. The lowest BCUT2D eigenvalue weighted by Gasteiger charge is -2.14. The molecule has 2 atom stereocenters. The molecular formula is C33H33Cl3F6N5O13PS. The summed E-state index contributed by atoms with van der Waals surface area (Å²) in [5.74, 6) is -5.61. The Hall–Kier alpha value is -4.88.